The van der Waals surface area contributed by atoms with Crippen LogP contribution in [0.2, 0.25) is 0 Å². The highest BCUT2D eigenvalue weighted by Crippen LogP contribution is 2.12. The molecule has 18 heavy (non-hydrogen) atoms. The molecule has 0 aliphatic heterocycles. The van der Waals surface area contributed by atoms with Crippen LogP contribution in [0, 0.1) is 5.82 Å². The zero-order valence-corrected chi connectivity index (χ0v) is 10.8. The van der Waals surface area contributed by atoms with Gasteiger partial charge in [-0.05, 0) is 12.1 Å². The van der Waals surface area contributed by atoms with Crippen LogP contribution in [0.15, 0.2) is 24.3 Å². The van der Waals surface area contributed by atoms with Crippen molar-refractivity contribution in [3.05, 3.63) is 30.1 Å². The zero-order chi connectivity index (χ0) is 13.2. The number of nitrogens with two attached hydrogens (primary N) is 1. The molecule has 1 aromatic carbocycles. The molecule has 0 bridgehead atoms. The SMILES string of the molecule is NCCOCCSCC(=O)Nc1ccccc1F. The number of thioether (sulfide) groups is 1. The highest BCUT2D eigenvalue weighted by atomic mass is 32.2. The van der Waals surface area contributed by atoms with Gasteiger partial charge in [0, 0.05) is 12.3 Å². The minimum Gasteiger partial charge on any atom is -0.379 e. The van der Waals surface area contributed by atoms with Gasteiger partial charge in [-0.1, -0.05) is 12.1 Å². The number of halogens is 1. The second-order valence-corrected chi connectivity index (χ2v) is 4.59. The van der Waals surface area contributed by atoms with Crippen molar-refractivity contribution in [3.8, 4) is 0 Å². The number of carbonyl (C=O) groups is 1. The van der Waals surface area contributed by atoms with Gasteiger partial charge in [0.1, 0.15) is 5.82 Å². The Labute approximate surface area is 110 Å². The number of rotatable bonds is 8. The highest BCUT2D eigenvalue weighted by Gasteiger charge is 2.05. The summed E-state index contributed by atoms with van der Waals surface area (Å²) in [6.45, 7) is 1.59. The molecule has 0 fully saturated rings. The van der Waals surface area contributed by atoms with Crippen molar-refractivity contribution in [3.63, 3.8) is 0 Å². The third kappa shape index (κ3) is 6.00. The molecule has 100 valence electrons. The predicted octanol–water partition coefficient (Wildman–Crippen LogP) is 1.47. The Morgan fingerprint density at radius 1 is 1.39 bits per heavy atom. The molecule has 1 aromatic rings. The lowest BCUT2D eigenvalue weighted by Crippen LogP contribution is -2.16. The first-order valence-corrected chi connectivity index (χ1v) is 6.79. The summed E-state index contributed by atoms with van der Waals surface area (Å²) in [6, 6.07) is 6.09. The van der Waals surface area contributed by atoms with Crippen LogP contribution in [0.5, 0.6) is 0 Å². The molecule has 0 aliphatic rings. The number of para-hydroxylation sites is 1. The van der Waals surface area contributed by atoms with Gasteiger partial charge in [-0.2, -0.15) is 0 Å². The van der Waals surface area contributed by atoms with Crippen molar-refractivity contribution in [1.82, 2.24) is 0 Å². The van der Waals surface area contributed by atoms with E-state index in [-0.39, 0.29) is 17.3 Å². The summed E-state index contributed by atoms with van der Waals surface area (Å²) < 4.78 is 18.4. The number of amides is 1. The quantitative estimate of drug-likeness (QED) is 0.703. The highest BCUT2D eigenvalue weighted by molar-refractivity contribution is 7.99. The second kappa shape index (κ2) is 8.91. The van der Waals surface area contributed by atoms with Gasteiger partial charge in [0.05, 0.1) is 24.7 Å². The predicted molar refractivity (Wildman–Crippen MR) is 72.2 cm³/mol. The number of hydrogen-bond acceptors (Lipinski definition) is 4. The Kier molecular flexibility index (Phi) is 7.40. The van der Waals surface area contributed by atoms with Gasteiger partial charge in [0.2, 0.25) is 5.91 Å². The van der Waals surface area contributed by atoms with E-state index in [2.05, 4.69) is 5.32 Å². The maximum Gasteiger partial charge on any atom is 0.234 e. The molecular weight excluding hydrogens is 255 g/mol. The summed E-state index contributed by atoms with van der Waals surface area (Å²) in [5, 5.41) is 2.52. The molecule has 0 saturated heterocycles. The average molecular weight is 272 g/mol. The number of nitrogens with one attached hydrogen (secondary N) is 1. The Morgan fingerprint density at radius 2 is 2.17 bits per heavy atom. The number of hydrogen-bond donors (Lipinski definition) is 2. The fourth-order valence-corrected chi connectivity index (χ4v) is 1.85. The Morgan fingerprint density at radius 3 is 2.89 bits per heavy atom. The molecule has 0 aliphatic carbocycles. The van der Waals surface area contributed by atoms with E-state index in [0.717, 1.165) is 0 Å². The van der Waals surface area contributed by atoms with Crippen molar-refractivity contribution in [2.75, 3.05) is 36.6 Å². The Hall–Kier alpha value is -1.11. The van der Waals surface area contributed by atoms with Crippen molar-refractivity contribution in [2.45, 2.75) is 0 Å². The number of anilines is 1. The van der Waals surface area contributed by atoms with E-state index in [1.54, 1.807) is 12.1 Å². The van der Waals surface area contributed by atoms with Gasteiger partial charge in [0.25, 0.3) is 0 Å². The van der Waals surface area contributed by atoms with Crippen LogP contribution in [0.1, 0.15) is 0 Å². The minimum absolute atomic E-state index is 0.211. The molecule has 3 N–H and O–H groups in total. The molecular formula is C12H17FN2O2S. The minimum atomic E-state index is -0.429. The smallest absolute Gasteiger partial charge is 0.234 e. The van der Waals surface area contributed by atoms with E-state index in [9.17, 15) is 9.18 Å². The summed E-state index contributed by atoms with van der Waals surface area (Å²) in [6.07, 6.45) is 0. The maximum absolute atomic E-state index is 13.2. The van der Waals surface area contributed by atoms with Crippen LogP contribution in [0.25, 0.3) is 0 Å². The molecule has 0 unspecified atom stereocenters. The summed E-state index contributed by atoms with van der Waals surface area (Å²) in [5.41, 5.74) is 5.47. The second-order valence-electron chi connectivity index (χ2n) is 3.48. The monoisotopic (exact) mass is 272 g/mol. The van der Waals surface area contributed by atoms with Crippen LogP contribution in [-0.2, 0) is 9.53 Å². The van der Waals surface area contributed by atoms with Crippen molar-refractivity contribution in [1.29, 1.82) is 0 Å². The van der Waals surface area contributed by atoms with E-state index in [0.29, 0.717) is 25.5 Å². The molecule has 4 nitrogen and oxygen atoms in total. The third-order valence-electron chi connectivity index (χ3n) is 2.02. The van der Waals surface area contributed by atoms with Crippen molar-refractivity contribution in [2.24, 2.45) is 5.73 Å². The maximum atomic E-state index is 13.2. The zero-order valence-electron chi connectivity index (χ0n) is 10.0. The average Bonchev–Trinajstić information content (AvgIpc) is 2.36. The van der Waals surface area contributed by atoms with E-state index >= 15 is 0 Å². The lowest BCUT2D eigenvalue weighted by Gasteiger charge is -2.06. The lowest BCUT2D eigenvalue weighted by molar-refractivity contribution is -0.113. The number of carbonyl (C=O) groups excluding carboxylic acids is 1. The molecule has 0 aromatic heterocycles. The summed E-state index contributed by atoms with van der Waals surface area (Å²) in [5.74, 6) is 0.344. The fraction of sp³-hybridized carbons (Fsp3) is 0.417. The standard InChI is InChI=1S/C12H17FN2O2S/c13-10-3-1-2-4-11(10)15-12(16)9-18-8-7-17-6-5-14/h1-4H,5-9,14H2,(H,15,16). The Balaban J connectivity index is 2.16. The third-order valence-corrected chi connectivity index (χ3v) is 2.94. The van der Waals surface area contributed by atoms with Gasteiger partial charge in [-0.3, -0.25) is 4.79 Å². The van der Waals surface area contributed by atoms with Crippen LogP contribution < -0.4 is 11.1 Å². The molecule has 0 saturated carbocycles. The summed E-state index contributed by atoms with van der Waals surface area (Å²) in [4.78, 5) is 11.5. The van der Waals surface area contributed by atoms with Crippen LogP contribution in [-0.4, -0.2) is 37.2 Å². The first-order chi connectivity index (χ1) is 8.74. The van der Waals surface area contributed by atoms with Crippen LogP contribution >= 0.6 is 11.8 Å². The summed E-state index contributed by atoms with van der Waals surface area (Å²) in [7, 11) is 0. The molecule has 1 rings (SSSR count). The van der Waals surface area contributed by atoms with Gasteiger partial charge in [-0.15, -0.1) is 11.8 Å². The van der Waals surface area contributed by atoms with Crippen molar-refractivity contribution < 1.29 is 13.9 Å². The molecule has 0 spiro atoms. The van der Waals surface area contributed by atoms with E-state index < -0.39 is 5.82 Å². The number of benzene rings is 1. The first-order valence-electron chi connectivity index (χ1n) is 5.64. The fourth-order valence-electron chi connectivity index (χ4n) is 1.22. The van der Waals surface area contributed by atoms with Gasteiger partial charge < -0.3 is 15.8 Å². The first kappa shape index (κ1) is 14.9. The van der Waals surface area contributed by atoms with Gasteiger partial charge in [-0.25, -0.2) is 4.39 Å². The topological polar surface area (TPSA) is 64.3 Å². The molecule has 6 heteroatoms. The van der Waals surface area contributed by atoms with Crippen LogP contribution in [0.3, 0.4) is 0 Å². The van der Waals surface area contributed by atoms with Crippen LogP contribution in [0.4, 0.5) is 10.1 Å². The molecule has 1 amide bonds. The lowest BCUT2D eigenvalue weighted by atomic mass is 10.3. The molecule has 0 radical (unpaired) electrons. The van der Waals surface area contributed by atoms with Gasteiger partial charge >= 0.3 is 0 Å². The van der Waals surface area contributed by atoms with Crippen molar-refractivity contribution >= 4 is 23.4 Å². The van der Waals surface area contributed by atoms with E-state index in [4.69, 9.17) is 10.5 Å². The van der Waals surface area contributed by atoms with E-state index in [1.165, 1.54) is 23.9 Å². The normalized spacial score (nSPS) is 10.3. The number of ether oxygens (including phenoxy) is 1. The largest absolute Gasteiger partial charge is 0.379 e. The molecule has 0 atom stereocenters. The van der Waals surface area contributed by atoms with E-state index in [1.807, 2.05) is 0 Å². The summed E-state index contributed by atoms with van der Waals surface area (Å²) >= 11 is 1.44. The molecule has 0 heterocycles. The van der Waals surface area contributed by atoms with Gasteiger partial charge in [0.15, 0.2) is 0 Å². The Bertz CT molecular complexity index is 377.